The number of aromatic nitrogens is 2. The second kappa shape index (κ2) is 5.83. The molecule has 1 fully saturated rings. The van der Waals surface area contributed by atoms with Crippen LogP contribution in [0.3, 0.4) is 0 Å². The van der Waals surface area contributed by atoms with E-state index < -0.39 is 0 Å². The molecule has 1 atom stereocenters. The van der Waals surface area contributed by atoms with Crippen LogP contribution >= 0.6 is 15.9 Å². The lowest BCUT2D eigenvalue weighted by Crippen LogP contribution is -2.47. The van der Waals surface area contributed by atoms with Gasteiger partial charge in [0, 0.05) is 33.2 Å². The number of halogens is 1. The van der Waals surface area contributed by atoms with E-state index in [0.717, 1.165) is 43.0 Å². The molecule has 0 saturated carbocycles. The van der Waals surface area contributed by atoms with E-state index in [4.69, 9.17) is 0 Å². The highest BCUT2D eigenvalue weighted by molar-refractivity contribution is 9.10. The van der Waals surface area contributed by atoms with Crippen molar-refractivity contribution < 1.29 is 0 Å². The summed E-state index contributed by atoms with van der Waals surface area (Å²) in [5.41, 5.74) is 0.947. The summed E-state index contributed by atoms with van der Waals surface area (Å²) in [5, 5.41) is 9.45. The van der Waals surface area contributed by atoms with Crippen LogP contribution in [0, 0.1) is 11.3 Å². The van der Waals surface area contributed by atoms with Gasteiger partial charge in [0.25, 0.3) is 0 Å². The number of aryl methyl sites for hydroxylation is 1. The van der Waals surface area contributed by atoms with E-state index in [2.05, 4.69) is 43.7 Å². The molecule has 1 aliphatic rings. The molecule has 1 aromatic rings. The van der Waals surface area contributed by atoms with Gasteiger partial charge in [-0.3, -0.25) is 4.90 Å². The molecule has 0 amide bonds. The van der Waals surface area contributed by atoms with Crippen molar-refractivity contribution in [3.05, 3.63) is 16.6 Å². The number of piperazine rings is 1. The Morgan fingerprint density at radius 1 is 1.44 bits per heavy atom. The summed E-state index contributed by atoms with van der Waals surface area (Å²) in [4.78, 5) is 8.84. The summed E-state index contributed by atoms with van der Waals surface area (Å²) in [6, 6.07) is 2.19. The zero-order valence-corrected chi connectivity index (χ0v) is 12.4. The average molecular weight is 312 g/mol. The smallest absolute Gasteiger partial charge is 0.141 e. The zero-order valence-electron chi connectivity index (χ0n) is 10.8. The molecule has 1 aromatic heterocycles. The molecule has 0 bridgehead atoms. The predicted molar refractivity (Wildman–Crippen MR) is 72.9 cm³/mol. The maximum Gasteiger partial charge on any atom is 0.141 e. The molecule has 0 aromatic carbocycles. The quantitative estimate of drug-likeness (QED) is 0.846. The van der Waals surface area contributed by atoms with Crippen LogP contribution in [0.15, 0.2) is 10.9 Å². The van der Waals surface area contributed by atoms with Crippen molar-refractivity contribution in [1.29, 1.82) is 5.26 Å². The van der Waals surface area contributed by atoms with Crippen molar-refractivity contribution >= 4 is 15.9 Å². The number of nitriles is 1. The Kier molecular flexibility index (Phi) is 4.38. The van der Waals surface area contributed by atoms with Crippen LogP contribution in [0.1, 0.15) is 18.7 Å². The first-order valence-corrected chi connectivity index (χ1v) is 6.99. The van der Waals surface area contributed by atoms with Gasteiger partial charge in [0.05, 0.1) is 18.1 Å². The van der Waals surface area contributed by atoms with Crippen LogP contribution in [-0.2, 0) is 7.05 Å². The predicted octanol–water partition coefficient (Wildman–Crippen LogP) is 1.38. The molecule has 18 heavy (non-hydrogen) atoms. The molecule has 1 unspecified atom stereocenters. The highest BCUT2D eigenvalue weighted by atomic mass is 79.9. The Morgan fingerprint density at radius 3 is 2.56 bits per heavy atom. The van der Waals surface area contributed by atoms with E-state index in [1.807, 2.05) is 11.6 Å². The third-order valence-electron chi connectivity index (χ3n) is 3.54. The fourth-order valence-electron chi connectivity index (χ4n) is 2.37. The van der Waals surface area contributed by atoms with Crippen LogP contribution in [0.4, 0.5) is 0 Å². The largest absolute Gasteiger partial charge is 0.334 e. The van der Waals surface area contributed by atoms with Crippen LogP contribution in [0.25, 0.3) is 0 Å². The Hall–Kier alpha value is -0.900. The standard InChI is InChI=1S/C12H18BrN5/c1-3-17-4-6-18(7-5-17)10(8-14)11-12(13)15-9-16(11)2/h9-10H,3-7H2,1-2H3. The summed E-state index contributed by atoms with van der Waals surface area (Å²) in [7, 11) is 1.93. The number of imidazole rings is 1. The van der Waals surface area contributed by atoms with Gasteiger partial charge in [-0.15, -0.1) is 0 Å². The molecule has 5 nitrogen and oxygen atoms in total. The van der Waals surface area contributed by atoms with E-state index in [-0.39, 0.29) is 6.04 Å². The molecule has 6 heteroatoms. The monoisotopic (exact) mass is 311 g/mol. The minimum atomic E-state index is -0.217. The van der Waals surface area contributed by atoms with E-state index in [1.165, 1.54) is 0 Å². The van der Waals surface area contributed by atoms with Gasteiger partial charge in [-0.05, 0) is 22.5 Å². The van der Waals surface area contributed by atoms with Gasteiger partial charge in [-0.1, -0.05) is 6.92 Å². The first-order chi connectivity index (χ1) is 8.67. The van der Waals surface area contributed by atoms with Crippen molar-refractivity contribution in [3.8, 4) is 6.07 Å². The lowest BCUT2D eigenvalue weighted by atomic mass is 10.1. The second-order valence-corrected chi connectivity index (χ2v) is 5.28. The normalized spacial score (nSPS) is 19.7. The summed E-state index contributed by atoms with van der Waals surface area (Å²) >= 11 is 3.43. The number of rotatable bonds is 3. The molecule has 0 aliphatic carbocycles. The van der Waals surface area contributed by atoms with Gasteiger partial charge in [0.15, 0.2) is 0 Å². The molecule has 0 N–H and O–H groups in total. The fraction of sp³-hybridized carbons (Fsp3) is 0.667. The van der Waals surface area contributed by atoms with Crippen molar-refractivity contribution in [3.63, 3.8) is 0 Å². The van der Waals surface area contributed by atoms with Crippen molar-refractivity contribution in [1.82, 2.24) is 19.4 Å². The molecule has 2 rings (SSSR count). The van der Waals surface area contributed by atoms with Crippen LogP contribution in [0.5, 0.6) is 0 Å². The highest BCUT2D eigenvalue weighted by Gasteiger charge is 2.28. The Labute approximate surface area is 116 Å². The Balaban J connectivity index is 2.14. The molecule has 1 aliphatic heterocycles. The lowest BCUT2D eigenvalue weighted by molar-refractivity contribution is 0.116. The minimum absolute atomic E-state index is 0.217. The van der Waals surface area contributed by atoms with E-state index in [9.17, 15) is 5.26 Å². The second-order valence-electron chi connectivity index (χ2n) is 4.53. The molecule has 0 spiro atoms. The zero-order chi connectivity index (χ0) is 13.1. The average Bonchev–Trinajstić information content (AvgIpc) is 2.72. The topological polar surface area (TPSA) is 48.1 Å². The van der Waals surface area contributed by atoms with E-state index in [1.54, 1.807) is 6.33 Å². The fourth-order valence-corrected chi connectivity index (χ4v) is 2.96. The number of nitrogens with zero attached hydrogens (tertiary/aromatic N) is 5. The third kappa shape index (κ3) is 2.58. The maximum atomic E-state index is 9.45. The van der Waals surface area contributed by atoms with Gasteiger partial charge in [-0.2, -0.15) is 5.26 Å². The summed E-state index contributed by atoms with van der Waals surface area (Å²) < 4.78 is 2.69. The van der Waals surface area contributed by atoms with Crippen molar-refractivity contribution in [2.45, 2.75) is 13.0 Å². The highest BCUT2D eigenvalue weighted by Crippen LogP contribution is 2.26. The van der Waals surface area contributed by atoms with Crippen LogP contribution in [-0.4, -0.2) is 52.1 Å². The van der Waals surface area contributed by atoms with E-state index in [0.29, 0.717) is 0 Å². The molecular weight excluding hydrogens is 294 g/mol. The van der Waals surface area contributed by atoms with Gasteiger partial charge in [-0.25, -0.2) is 4.98 Å². The SMILES string of the molecule is CCN1CCN(C(C#N)c2c(Br)ncn2C)CC1. The molecule has 1 saturated heterocycles. The van der Waals surface area contributed by atoms with Gasteiger partial charge in [0.1, 0.15) is 10.6 Å². The van der Waals surface area contributed by atoms with Crippen LogP contribution < -0.4 is 0 Å². The Bertz CT molecular complexity index is 422. The summed E-state index contributed by atoms with van der Waals surface area (Å²) in [5.74, 6) is 0. The van der Waals surface area contributed by atoms with Gasteiger partial charge in [0.2, 0.25) is 0 Å². The maximum absolute atomic E-state index is 9.45. The van der Waals surface area contributed by atoms with Crippen LogP contribution in [0.2, 0.25) is 0 Å². The van der Waals surface area contributed by atoms with Gasteiger partial charge < -0.3 is 9.47 Å². The minimum Gasteiger partial charge on any atom is -0.334 e. The molecular formula is C12H18BrN5. The molecule has 0 radical (unpaired) electrons. The lowest BCUT2D eigenvalue weighted by Gasteiger charge is -2.36. The van der Waals surface area contributed by atoms with E-state index >= 15 is 0 Å². The van der Waals surface area contributed by atoms with Crippen molar-refractivity contribution in [2.24, 2.45) is 7.05 Å². The summed E-state index contributed by atoms with van der Waals surface area (Å²) in [6.07, 6.45) is 1.74. The third-order valence-corrected chi connectivity index (χ3v) is 4.15. The number of hydrogen-bond acceptors (Lipinski definition) is 4. The molecule has 98 valence electrons. The molecule has 2 heterocycles. The van der Waals surface area contributed by atoms with Gasteiger partial charge >= 0.3 is 0 Å². The Morgan fingerprint density at radius 2 is 2.11 bits per heavy atom. The number of hydrogen-bond donors (Lipinski definition) is 0. The first-order valence-electron chi connectivity index (χ1n) is 6.20. The van der Waals surface area contributed by atoms with Crippen molar-refractivity contribution in [2.75, 3.05) is 32.7 Å². The summed E-state index contributed by atoms with van der Waals surface area (Å²) in [6.45, 7) is 7.19. The number of likely N-dealkylation sites (N-methyl/N-ethyl adjacent to an activating group) is 1. The first kappa shape index (κ1) is 13.5.